The van der Waals surface area contributed by atoms with Crippen molar-refractivity contribution in [3.63, 3.8) is 0 Å². The highest BCUT2D eigenvalue weighted by Crippen LogP contribution is 2.41. The van der Waals surface area contributed by atoms with Crippen LogP contribution in [0, 0.1) is 10.1 Å². The zero-order valence-corrected chi connectivity index (χ0v) is 11.3. The lowest BCUT2D eigenvalue weighted by molar-refractivity contribution is -0.384. The van der Waals surface area contributed by atoms with Crippen LogP contribution in [-0.4, -0.2) is 39.6 Å². The van der Waals surface area contributed by atoms with Crippen molar-refractivity contribution < 1.29 is 20.2 Å². The Hall–Kier alpha value is -1.61. The number of halogens is 1. The Morgan fingerprint density at radius 3 is 2.30 bits per heavy atom. The van der Waals surface area contributed by atoms with E-state index in [-0.39, 0.29) is 47.0 Å². The Morgan fingerprint density at radius 1 is 1.25 bits per heavy atom. The van der Waals surface area contributed by atoms with E-state index in [4.69, 9.17) is 33.3 Å². The summed E-state index contributed by atoms with van der Waals surface area (Å²) in [6, 6.07) is 0. The first-order chi connectivity index (χ1) is 9.34. The fourth-order valence-corrected chi connectivity index (χ4v) is 2.21. The van der Waals surface area contributed by atoms with Gasteiger partial charge in [-0.05, 0) is 0 Å². The molecule has 0 spiro atoms. The molecule has 1 unspecified atom stereocenters. The number of nitrogens with two attached hydrogens (primary N) is 2. The van der Waals surface area contributed by atoms with Crippen molar-refractivity contribution in [1.29, 1.82) is 0 Å². The molecule has 8 nitrogen and oxygen atoms in total. The summed E-state index contributed by atoms with van der Waals surface area (Å²) in [6.07, 6.45) is -1.38. The van der Waals surface area contributed by atoms with Gasteiger partial charge in [-0.25, -0.2) is 0 Å². The second-order valence-corrected chi connectivity index (χ2v) is 4.60. The Kier molecular flexibility index (Phi) is 5.52. The molecule has 7 N–H and O–H groups in total. The van der Waals surface area contributed by atoms with Crippen LogP contribution in [0.4, 0.5) is 17.1 Å². The number of anilines is 2. The highest BCUT2D eigenvalue weighted by molar-refractivity contribution is 6.34. The summed E-state index contributed by atoms with van der Waals surface area (Å²) in [7, 11) is 0. The minimum absolute atomic E-state index is 0.0101. The second-order valence-electron chi connectivity index (χ2n) is 4.22. The van der Waals surface area contributed by atoms with Gasteiger partial charge in [-0.3, -0.25) is 10.1 Å². The van der Waals surface area contributed by atoms with Gasteiger partial charge in [-0.2, -0.15) is 0 Å². The smallest absolute Gasteiger partial charge is 0.297 e. The van der Waals surface area contributed by atoms with E-state index in [1.54, 1.807) is 0 Å². The van der Waals surface area contributed by atoms with Crippen LogP contribution < -0.4 is 11.5 Å². The number of nitro benzene ring substituents is 1. The summed E-state index contributed by atoms with van der Waals surface area (Å²) in [5.74, 6) is 0. The van der Waals surface area contributed by atoms with Gasteiger partial charge in [0.15, 0.2) is 0 Å². The third kappa shape index (κ3) is 3.10. The summed E-state index contributed by atoms with van der Waals surface area (Å²) >= 11 is 6.02. The van der Waals surface area contributed by atoms with Crippen LogP contribution in [0.1, 0.15) is 11.1 Å². The molecule has 0 heterocycles. The maximum absolute atomic E-state index is 11.1. The first kappa shape index (κ1) is 16.4. The quantitative estimate of drug-likeness (QED) is 0.278. The Balaban J connectivity index is 3.52. The highest BCUT2D eigenvalue weighted by atomic mass is 35.5. The molecular formula is C11H16ClN3O5. The van der Waals surface area contributed by atoms with Crippen LogP contribution in [0.15, 0.2) is 0 Å². The maximum atomic E-state index is 11.1. The molecule has 0 radical (unpaired) electrons. The summed E-state index contributed by atoms with van der Waals surface area (Å²) in [5.41, 5.74) is 10.9. The van der Waals surface area contributed by atoms with Gasteiger partial charge in [0.1, 0.15) is 5.69 Å². The predicted molar refractivity (Wildman–Crippen MR) is 74.5 cm³/mol. The van der Waals surface area contributed by atoms with Crippen molar-refractivity contribution in [2.24, 2.45) is 0 Å². The molecule has 0 aliphatic carbocycles. The van der Waals surface area contributed by atoms with Gasteiger partial charge in [-0.15, -0.1) is 0 Å². The molecule has 0 aliphatic heterocycles. The van der Waals surface area contributed by atoms with Gasteiger partial charge in [-0.1, -0.05) is 11.6 Å². The lowest BCUT2D eigenvalue weighted by atomic mass is 9.98. The van der Waals surface area contributed by atoms with E-state index in [9.17, 15) is 15.2 Å². The van der Waals surface area contributed by atoms with Gasteiger partial charge < -0.3 is 26.8 Å². The summed E-state index contributed by atoms with van der Waals surface area (Å²) < 4.78 is 0. The normalized spacial score (nSPS) is 12.4. The minimum Gasteiger partial charge on any atom is -0.397 e. The molecule has 9 heteroatoms. The van der Waals surface area contributed by atoms with E-state index in [0.29, 0.717) is 0 Å². The van der Waals surface area contributed by atoms with Crippen molar-refractivity contribution >= 4 is 28.7 Å². The second kappa shape index (κ2) is 6.71. The van der Waals surface area contributed by atoms with Gasteiger partial charge in [0, 0.05) is 25.0 Å². The van der Waals surface area contributed by atoms with Crippen molar-refractivity contribution in [3.8, 4) is 0 Å². The van der Waals surface area contributed by atoms with Gasteiger partial charge in [0.2, 0.25) is 0 Å². The van der Waals surface area contributed by atoms with E-state index < -0.39 is 23.3 Å². The number of hydrogen-bond acceptors (Lipinski definition) is 7. The molecular weight excluding hydrogens is 290 g/mol. The molecule has 0 bridgehead atoms. The molecule has 0 fully saturated rings. The van der Waals surface area contributed by atoms with Crippen LogP contribution >= 0.6 is 11.6 Å². The minimum atomic E-state index is -1.16. The third-order valence-electron chi connectivity index (χ3n) is 2.89. The van der Waals surface area contributed by atoms with Crippen LogP contribution in [0.5, 0.6) is 0 Å². The van der Waals surface area contributed by atoms with Gasteiger partial charge in [0.05, 0.1) is 33.9 Å². The number of rotatable bonds is 6. The molecule has 1 rings (SSSR count). The van der Waals surface area contributed by atoms with Crippen molar-refractivity contribution in [3.05, 3.63) is 26.3 Å². The van der Waals surface area contributed by atoms with Crippen molar-refractivity contribution in [1.82, 2.24) is 0 Å². The van der Waals surface area contributed by atoms with Crippen molar-refractivity contribution in [2.75, 3.05) is 24.7 Å². The molecule has 112 valence electrons. The van der Waals surface area contributed by atoms with Crippen LogP contribution in [0.25, 0.3) is 0 Å². The number of nitrogens with zero attached hydrogens (tertiary/aromatic N) is 1. The third-order valence-corrected chi connectivity index (χ3v) is 3.32. The number of aliphatic hydroxyl groups excluding tert-OH is 3. The average Bonchev–Trinajstić information content (AvgIpc) is 2.40. The first-order valence-corrected chi connectivity index (χ1v) is 6.15. The molecule has 0 aliphatic rings. The predicted octanol–water partition coefficient (Wildman–Crippen LogP) is -0.157. The standard InChI is InChI=1S/C11H16ClN3O5/c12-8-7(3-5(18)4-17)10(14)11(15(19)20)6(1-2-16)9(8)13/h5,16-18H,1-4,13-14H2. The number of nitro groups is 1. The van der Waals surface area contributed by atoms with E-state index in [1.165, 1.54) is 0 Å². The Bertz CT molecular complexity index is 524. The fourth-order valence-electron chi connectivity index (χ4n) is 1.92. The van der Waals surface area contributed by atoms with E-state index >= 15 is 0 Å². The lowest BCUT2D eigenvalue weighted by Crippen LogP contribution is -2.18. The average molecular weight is 306 g/mol. The van der Waals surface area contributed by atoms with Crippen LogP contribution in [0.3, 0.4) is 0 Å². The number of hydrogen-bond donors (Lipinski definition) is 5. The summed E-state index contributed by atoms with van der Waals surface area (Å²) in [4.78, 5) is 10.4. The molecule has 1 aromatic rings. The zero-order valence-electron chi connectivity index (χ0n) is 10.5. The molecule has 0 saturated heterocycles. The topological polar surface area (TPSA) is 156 Å². The van der Waals surface area contributed by atoms with Crippen LogP contribution in [-0.2, 0) is 12.8 Å². The molecule has 0 aromatic heterocycles. The zero-order chi connectivity index (χ0) is 15.4. The Labute approximate surface area is 119 Å². The monoisotopic (exact) mass is 305 g/mol. The largest absolute Gasteiger partial charge is 0.397 e. The van der Waals surface area contributed by atoms with Gasteiger partial charge >= 0.3 is 0 Å². The van der Waals surface area contributed by atoms with E-state index in [1.807, 2.05) is 0 Å². The molecule has 1 aromatic carbocycles. The van der Waals surface area contributed by atoms with E-state index in [0.717, 1.165) is 0 Å². The molecule has 1 atom stereocenters. The lowest BCUT2D eigenvalue weighted by Gasteiger charge is -2.16. The molecule has 0 amide bonds. The number of aliphatic hydroxyl groups is 3. The number of benzene rings is 1. The maximum Gasteiger partial charge on any atom is 0.297 e. The van der Waals surface area contributed by atoms with Crippen LogP contribution in [0.2, 0.25) is 5.02 Å². The SMILES string of the molecule is Nc1c(Cl)c(CC(O)CO)c(N)c([N+](=O)[O-])c1CCO. The highest BCUT2D eigenvalue weighted by Gasteiger charge is 2.28. The van der Waals surface area contributed by atoms with E-state index in [2.05, 4.69) is 0 Å². The fraction of sp³-hybridized carbons (Fsp3) is 0.455. The summed E-state index contributed by atoms with van der Waals surface area (Å²) in [5, 5.41) is 38.3. The van der Waals surface area contributed by atoms with Crippen molar-refractivity contribution in [2.45, 2.75) is 18.9 Å². The Morgan fingerprint density at radius 2 is 1.85 bits per heavy atom. The van der Waals surface area contributed by atoms with Gasteiger partial charge in [0.25, 0.3) is 5.69 Å². The first-order valence-electron chi connectivity index (χ1n) is 5.77. The summed E-state index contributed by atoms with van der Waals surface area (Å²) in [6.45, 7) is -0.888. The molecule has 0 saturated carbocycles. The molecule has 20 heavy (non-hydrogen) atoms. The number of nitrogen functional groups attached to an aromatic ring is 2.